The first-order chi connectivity index (χ1) is 17.9. The van der Waals surface area contributed by atoms with Crippen molar-refractivity contribution in [3.05, 3.63) is 73.6 Å². The van der Waals surface area contributed by atoms with Gasteiger partial charge >= 0.3 is 0 Å². The minimum absolute atomic E-state index is 0.0734. The lowest BCUT2D eigenvalue weighted by Crippen LogP contribution is -2.27. The van der Waals surface area contributed by atoms with Crippen molar-refractivity contribution in [1.29, 1.82) is 0 Å². The van der Waals surface area contributed by atoms with Crippen molar-refractivity contribution >= 4 is 33.7 Å². The van der Waals surface area contributed by atoms with Gasteiger partial charge in [0, 0.05) is 58.3 Å². The van der Waals surface area contributed by atoms with Crippen LogP contribution in [0.4, 0.5) is 5.69 Å². The number of nitrogens with one attached hydrogen (secondary N) is 3. The highest BCUT2D eigenvalue weighted by Crippen LogP contribution is 2.34. The normalized spacial score (nSPS) is 11.8. The number of fused-ring (bicyclic) bond motifs is 2. The summed E-state index contributed by atoms with van der Waals surface area (Å²) in [7, 11) is 0. The van der Waals surface area contributed by atoms with Gasteiger partial charge in [0.05, 0.1) is 17.6 Å². The molecule has 0 spiro atoms. The number of aromatic nitrogens is 7. The van der Waals surface area contributed by atoms with Crippen molar-refractivity contribution in [1.82, 2.24) is 35.1 Å². The first kappa shape index (κ1) is 22.5. The number of carbonyl (C=O) groups is 1. The predicted molar refractivity (Wildman–Crippen MR) is 144 cm³/mol. The molecule has 9 heteroatoms. The molecule has 6 aromatic rings. The number of aromatic amines is 2. The van der Waals surface area contributed by atoms with Crippen LogP contribution >= 0.6 is 0 Å². The smallest absolute Gasteiger partial charge is 0.229 e. The molecule has 0 aliphatic rings. The van der Waals surface area contributed by atoms with Crippen molar-refractivity contribution in [2.45, 2.75) is 20.8 Å². The monoisotopic (exact) mass is 488 g/mol. The third kappa shape index (κ3) is 4.20. The Labute approximate surface area is 212 Å². The van der Waals surface area contributed by atoms with Crippen molar-refractivity contribution in [3.8, 4) is 33.6 Å². The topological polar surface area (TPSA) is 125 Å². The van der Waals surface area contributed by atoms with Crippen molar-refractivity contribution in [2.75, 3.05) is 5.32 Å². The van der Waals surface area contributed by atoms with Crippen molar-refractivity contribution < 1.29 is 4.79 Å². The van der Waals surface area contributed by atoms with E-state index in [0.29, 0.717) is 11.3 Å². The fraction of sp³-hybridized carbons (Fsp3) is 0.143. The van der Waals surface area contributed by atoms with Crippen LogP contribution in [0, 0.1) is 5.41 Å². The molecule has 6 aromatic heterocycles. The second kappa shape index (κ2) is 8.63. The molecule has 6 rings (SSSR count). The quantitative estimate of drug-likeness (QED) is 0.296. The van der Waals surface area contributed by atoms with Gasteiger partial charge in [-0.25, -0.2) is 9.97 Å². The molecule has 0 radical (unpaired) electrons. The van der Waals surface area contributed by atoms with Crippen LogP contribution in [0.3, 0.4) is 0 Å². The third-order valence-electron chi connectivity index (χ3n) is 6.21. The number of hydrogen-bond acceptors (Lipinski definition) is 6. The second-order valence-electron chi connectivity index (χ2n) is 9.90. The number of rotatable bonds is 4. The van der Waals surface area contributed by atoms with E-state index < -0.39 is 5.41 Å². The lowest BCUT2D eigenvalue weighted by molar-refractivity contribution is -0.123. The minimum atomic E-state index is -0.506. The maximum atomic E-state index is 12.4. The van der Waals surface area contributed by atoms with Crippen molar-refractivity contribution in [3.63, 3.8) is 0 Å². The summed E-state index contributed by atoms with van der Waals surface area (Å²) in [6.45, 7) is 5.62. The second-order valence-corrected chi connectivity index (χ2v) is 9.90. The molecular weight excluding hydrogens is 464 g/mol. The molecule has 1 amide bonds. The van der Waals surface area contributed by atoms with E-state index in [2.05, 4.69) is 46.5 Å². The van der Waals surface area contributed by atoms with Gasteiger partial charge < -0.3 is 10.3 Å². The fourth-order valence-electron chi connectivity index (χ4n) is 4.19. The van der Waals surface area contributed by atoms with E-state index in [1.54, 1.807) is 37.2 Å². The molecule has 9 nitrogen and oxygen atoms in total. The zero-order chi connectivity index (χ0) is 25.6. The Balaban J connectivity index is 1.40. The van der Waals surface area contributed by atoms with E-state index in [-0.39, 0.29) is 5.91 Å². The summed E-state index contributed by atoms with van der Waals surface area (Å²) in [6.07, 6.45) is 10.5. The maximum Gasteiger partial charge on any atom is 0.229 e. The zero-order valence-corrected chi connectivity index (χ0v) is 20.6. The molecule has 0 atom stereocenters. The van der Waals surface area contributed by atoms with Gasteiger partial charge in [-0.3, -0.25) is 19.9 Å². The van der Waals surface area contributed by atoms with E-state index in [1.165, 1.54) is 0 Å². The highest BCUT2D eigenvalue weighted by Gasteiger charge is 2.21. The van der Waals surface area contributed by atoms with Crippen LogP contribution in [0.15, 0.2) is 73.6 Å². The Hall–Kier alpha value is -4.92. The Kier molecular flexibility index (Phi) is 5.26. The molecule has 0 bridgehead atoms. The largest absolute Gasteiger partial charge is 0.338 e. The Bertz CT molecular complexity index is 1760. The van der Waals surface area contributed by atoms with Gasteiger partial charge in [0.2, 0.25) is 5.91 Å². The minimum Gasteiger partial charge on any atom is -0.338 e. The molecule has 0 fully saturated rings. The summed E-state index contributed by atoms with van der Waals surface area (Å²) >= 11 is 0. The van der Waals surface area contributed by atoms with Gasteiger partial charge in [-0.05, 0) is 47.5 Å². The molecule has 6 heterocycles. The predicted octanol–water partition coefficient (Wildman–Crippen LogP) is 5.61. The van der Waals surface area contributed by atoms with E-state index in [4.69, 9.17) is 0 Å². The van der Waals surface area contributed by atoms with Gasteiger partial charge in [-0.2, -0.15) is 5.10 Å². The Morgan fingerprint density at radius 2 is 1.62 bits per heavy atom. The highest BCUT2D eigenvalue weighted by atomic mass is 16.2. The summed E-state index contributed by atoms with van der Waals surface area (Å²) < 4.78 is 0. The maximum absolute atomic E-state index is 12.4. The highest BCUT2D eigenvalue weighted by molar-refractivity contribution is 6.00. The Morgan fingerprint density at radius 1 is 0.811 bits per heavy atom. The molecule has 0 aromatic carbocycles. The first-order valence-corrected chi connectivity index (χ1v) is 11.9. The van der Waals surface area contributed by atoms with Crippen LogP contribution < -0.4 is 5.32 Å². The third-order valence-corrected chi connectivity index (χ3v) is 6.21. The average Bonchev–Trinajstić information content (AvgIpc) is 3.52. The summed E-state index contributed by atoms with van der Waals surface area (Å²) in [5.74, 6) is -0.0734. The Morgan fingerprint density at radius 3 is 2.43 bits per heavy atom. The van der Waals surface area contributed by atoms with Crippen LogP contribution in [0.25, 0.3) is 55.7 Å². The SMILES string of the molecule is CC(C)(C)C(=O)Nc1cncc(-c2cnc3[nH]nc(-c4cc5c(-c6ccncc6)ccnc5[nH]4)c3c2)c1. The summed E-state index contributed by atoms with van der Waals surface area (Å²) in [4.78, 5) is 33.4. The molecule has 0 unspecified atom stereocenters. The number of anilines is 1. The van der Waals surface area contributed by atoms with Gasteiger partial charge in [-0.1, -0.05) is 20.8 Å². The fourth-order valence-corrected chi connectivity index (χ4v) is 4.19. The molecular formula is C28H24N8O. The molecule has 0 aliphatic carbocycles. The van der Waals surface area contributed by atoms with Crippen LogP contribution in [0.1, 0.15) is 20.8 Å². The molecule has 0 saturated heterocycles. The number of amides is 1. The summed E-state index contributed by atoms with van der Waals surface area (Å²) in [6, 6.07) is 11.9. The average molecular weight is 489 g/mol. The van der Waals surface area contributed by atoms with E-state index in [0.717, 1.165) is 50.1 Å². The van der Waals surface area contributed by atoms with Crippen LogP contribution in [0.2, 0.25) is 0 Å². The van der Waals surface area contributed by atoms with Gasteiger partial charge in [0.25, 0.3) is 0 Å². The lowest BCUT2D eigenvalue weighted by Gasteiger charge is -2.17. The van der Waals surface area contributed by atoms with Gasteiger partial charge in [0.1, 0.15) is 11.3 Å². The van der Waals surface area contributed by atoms with E-state index in [9.17, 15) is 4.79 Å². The van der Waals surface area contributed by atoms with E-state index >= 15 is 0 Å². The zero-order valence-electron chi connectivity index (χ0n) is 20.6. The molecule has 0 aliphatic heterocycles. The standard InChI is InChI=1S/C28H24N8O/c1-28(2,3)27(37)33-19-10-17(13-30-15-19)18-11-22-24(35-36-26(22)32-14-18)23-12-21-20(6-9-31-25(21)34-23)16-4-7-29-8-5-16/h4-15H,1-3H3,(H,31,34)(H,33,37)(H,32,35,36). The van der Waals surface area contributed by atoms with Gasteiger partial charge in [-0.15, -0.1) is 0 Å². The molecule has 182 valence electrons. The number of H-pyrrole nitrogens is 2. The number of carbonyl (C=O) groups excluding carboxylic acids is 1. The molecule has 3 N–H and O–H groups in total. The van der Waals surface area contributed by atoms with Crippen molar-refractivity contribution in [2.24, 2.45) is 5.41 Å². The van der Waals surface area contributed by atoms with Crippen LogP contribution in [0.5, 0.6) is 0 Å². The number of pyridine rings is 4. The molecule has 37 heavy (non-hydrogen) atoms. The van der Waals surface area contributed by atoms with Crippen LogP contribution in [-0.2, 0) is 4.79 Å². The van der Waals surface area contributed by atoms with Gasteiger partial charge in [0.15, 0.2) is 5.65 Å². The summed E-state index contributed by atoms with van der Waals surface area (Å²) in [5, 5.41) is 12.4. The van der Waals surface area contributed by atoms with Crippen LogP contribution in [-0.4, -0.2) is 41.0 Å². The lowest BCUT2D eigenvalue weighted by atomic mass is 9.95. The number of nitrogens with zero attached hydrogens (tertiary/aromatic N) is 5. The first-order valence-electron chi connectivity index (χ1n) is 11.9. The van der Waals surface area contributed by atoms with E-state index in [1.807, 2.05) is 51.1 Å². The molecule has 0 saturated carbocycles. The summed E-state index contributed by atoms with van der Waals surface area (Å²) in [5.41, 5.74) is 6.98. The number of hydrogen-bond donors (Lipinski definition) is 3.